The predicted octanol–water partition coefficient (Wildman–Crippen LogP) is 2.73. The number of likely N-dealkylation sites (N-methyl/N-ethyl adjacent to an activating group) is 1. The molecule has 142 valence electrons. The van der Waals surface area contributed by atoms with Crippen molar-refractivity contribution >= 4 is 17.5 Å². The summed E-state index contributed by atoms with van der Waals surface area (Å²) in [7, 11) is 0. The summed E-state index contributed by atoms with van der Waals surface area (Å²) in [6, 6.07) is 9.00. The molecule has 0 aliphatic carbocycles. The highest BCUT2D eigenvalue weighted by Gasteiger charge is 2.22. The SMILES string of the molecule is CCN1CCN(C(=O)c2ccnc(C(=O)Nc3ccc(C)c(C)c3)c2)CC1. The van der Waals surface area contributed by atoms with Gasteiger partial charge in [0.15, 0.2) is 0 Å². The van der Waals surface area contributed by atoms with Gasteiger partial charge < -0.3 is 15.1 Å². The Bertz CT molecular complexity index is 842. The third kappa shape index (κ3) is 4.52. The van der Waals surface area contributed by atoms with Crippen molar-refractivity contribution in [1.29, 1.82) is 0 Å². The van der Waals surface area contributed by atoms with Crippen molar-refractivity contribution in [2.75, 3.05) is 38.0 Å². The van der Waals surface area contributed by atoms with Crippen LogP contribution in [-0.2, 0) is 0 Å². The summed E-state index contributed by atoms with van der Waals surface area (Å²) >= 11 is 0. The van der Waals surface area contributed by atoms with E-state index in [0.29, 0.717) is 18.7 Å². The molecule has 6 heteroatoms. The molecule has 0 atom stereocenters. The summed E-state index contributed by atoms with van der Waals surface area (Å²) in [5.74, 6) is -0.364. The van der Waals surface area contributed by atoms with Crippen LogP contribution in [0.15, 0.2) is 36.5 Å². The topological polar surface area (TPSA) is 65.5 Å². The molecule has 2 aromatic rings. The van der Waals surface area contributed by atoms with Crippen molar-refractivity contribution in [3.05, 3.63) is 58.9 Å². The fraction of sp³-hybridized carbons (Fsp3) is 0.381. The van der Waals surface area contributed by atoms with E-state index < -0.39 is 0 Å². The summed E-state index contributed by atoms with van der Waals surface area (Å²) in [4.78, 5) is 33.6. The zero-order valence-corrected chi connectivity index (χ0v) is 16.2. The van der Waals surface area contributed by atoms with Crippen molar-refractivity contribution in [2.45, 2.75) is 20.8 Å². The number of pyridine rings is 1. The Morgan fingerprint density at radius 2 is 1.78 bits per heavy atom. The molecule has 27 heavy (non-hydrogen) atoms. The quantitative estimate of drug-likeness (QED) is 0.904. The Labute approximate surface area is 160 Å². The minimum absolute atomic E-state index is 0.0478. The predicted molar refractivity (Wildman–Crippen MR) is 106 cm³/mol. The first-order valence-electron chi connectivity index (χ1n) is 9.34. The molecule has 1 N–H and O–H groups in total. The van der Waals surface area contributed by atoms with Gasteiger partial charge >= 0.3 is 0 Å². The number of aromatic nitrogens is 1. The van der Waals surface area contributed by atoms with Crippen LogP contribution in [0.4, 0.5) is 5.69 Å². The average molecular weight is 366 g/mol. The Morgan fingerprint density at radius 1 is 1.04 bits per heavy atom. The van der Waals surface area contributed by atoms with Crippen LogP contribution in [0, 0.1) is 13.8 Å². The van der Waals surface area contributed by atoms with Crippen molar-refractivity contribution in [3.8, 4) is 0 Å². The Morgan fingerprint density at radius 3 is 2.44 bits per heavy atom. The second kappa shape index (κ2) is 8.31. The number of carbonyl (C=O) groups is 2. The lowest BCUT2D eigenvalue weighted by molar-refractivity contribution is 0.0643. The third-order valence-electron chi connectivity index (χ3n) is 5.11. The lowest BCUT2D eigenvalue weighted by atomic mass is 10.1. The average Bonchev–Trinajstić information content (AvgIpc) is 2.70. The summed E-state index contributed by atoms with van der Waals surface area (Å²) in [5, 5.41) is 2.85. The lowest BCUT2D eigenvalue weighted by Crippen LogP contribution is -2.48. The first kappa shape index (κ1) is 19.0. The van der Waals surface area contributed by atoms with E-state index >= 15 is 0 Å². The monoisotopic (exact) mass is 366 g/mol. The Kier molecular flexibility index (Phi) is 5.86. The van der Waals surface area contributed by atoms with Crippen LogP contribution < -0.4 is 5.32 Å². The number of carbonyl (C=O) groups excluding carboxylic acids is 2. The lowest BCUT2D eigenvalue weighted by Gasteiger charge is -2.34. The van der Waals surface area contributed by atoms with Gasteiger partial charge in [0.2, 0.25) is 0 Å². The van der Waals surface area contributed by atoms with Crippen LogP contribution in [0.3, 0.4) is 0 Å². The molecule has 3 rings (SSSR count). The highest BCUT2D eigenvalue weighted by atomic mass is 16.2. The van der Waals surface area contributed by atoms with E-state index in [-0.39, 0.29) is 17.5 Å². The molecule has 0 saturated carbocycles. The van der Waals surface area contributed by atoms with Crippen LogP contribution in [0.2, 0.25) is 0 Å². The number of rotatable bonds is 4. The van der Waals surface area contributed by atoms with Gasteiger partial charge in [0, 0.05) is 43.6 Å². The largest absolute Gasteiger partial charge is 0.336 e. The number of nitrogens with zero attached hydrogens (tertiary/aromatic N) is 3. The van der Waals surface area contributed by atoms with Gasteiger partial charge in [-0.2, -0.15) is 0 Å². The summed E-state index contributed by atoms with van der Waals surface area (Å²) < 4.78 is 0. The highest BCUT2D eigenvalue weighted by Crippen LogP contribution is 2.16. The zero-order chi connectivity index (χ0) is 19.4. The molecule has 2 heterocycles. The van der Waals surface area contributed by atoms with E-state index in [1.807, 2.05) is 36.9 Å². The van der Waals surface area contributed by atoms with E-state index in [2.05, 4.69) is 22.1 Å². The van der Waals surface area contributed by atoms with E-state index in [1.54, 1.807) is 12.1 Å². The second-order valence-corrected chi connectivity index (χ2v) is 6.91. The smallest absolute Gasteiger partial charge is 0.274 e. The fourth-order valence-corrected chi connectivity index (χ4v) is 3.15. The fourth-order valence-electron chi connectivity index (χ4n) is 3.15. The van der Waals surface area contributed by atoms with Crippen LogP contribution in [-0.4, -0.2) is 59.3 Å². The summed E-state index contributed by atoms with van der Waals surface area (Å²) in [6.45, 7) is 10.3. The maximum atomic E-state index is 12.8. The normalized spacial score (nSPS) is 14.9. The molecule has 1 aromatic heterocycles. The second-order valence-electron chi connectivity index (χ2n) is 6.91. The zero-order valence-electron chi connectivity index (χ0n) is 16.2. The first-order chi connectivity index (χ1) is 13.0. The van der Waals surface area contributed by atoms with Gasteiger partial charge in [-0.15, -0.1) is 0 Å². The van der Waals surface area contributed by atoms with Gasteiger partial charge in [-0.3, -0.25) is 14.6 Å². The molecule has 1 aliphatic heterocycles. The van der Waals surface area contributed by atoms with Crippen molar-refractivity contribution in [2.24, 2.45) is 0 Å². The van der Waals surface area contributed by atoms with Crippen LogP contribution in [0.1, 0.15) is 38.9 Å². The molecule has 1 fully saturated rings. The molecule has 0 unspecified atom stereocenters. The van der Waals surface area contributed by atoms with Crippen LogP contribution >= 0.6 is 0 Å². The molecular weight excluding hydrogens is 340 g/mol. The van der Waals surface area contributed by atoms with E-state index in [4.69, 9.17) is 0 Å². The summed E-state index contributed by atoms with van der Waals surface area (Å²) in [5.41, 5.74) is 3.74. The molecule has 2 amide bonds. The summed E-state index contributed by atoms with van der Waals surface area (Å²) in [6.07, 6.45) is 1.52. The van der Waals surface area contributed by atoms with Crippen LogP contribution in [0.5, 0.6) is 0 Å². The van der Waals surface area contributed by atoms with Gasteiger partial charge in [0.1, 0.15) is 5.69 Å². The number of amides is 2. The third-order valence-corrected chi connectivity index (χ3v) is 5.11. The minimum Gasteiger partial charge on any atom is -0.336 e. The van der Waals surface area contributed by atoms with Gasteiger partial charge in [-0.1, -0.05) is 13.0 Å². The number of hydrogen-bond acceptors (Lipinski definition) is 4. The first-order valence-corrected chi connectivity index (χ1v) is 9.34. The molecule has 0 spiro atoms. The minimum atomic E-state index is -0.316. The number of benzene rings is 1. The molecule has 6 nitrogen and oxygen atoms in total. The number of piperazine rings is 1. The number of nitrogens with one attached hydrogen (secondary N) is 1. The highest BCUT2D eigenvalue weighted by molar-refractivity contribution is 6.04. The van der Waals surface area contributed by atoms with Gasteiger partial charge in [0.25, 0.3) is 11.8 Å². The Balaban J connectivity index is 1.70. The molecule has 1 saturated heterocycles. The van der Waals surface area contributed by atoms with Gasteiger partial charge in [-0.25, -0.2) is 0 Å². The number of hydrogen-bond donors (Lipinski definition) is 1. The maximum absolute atomic E-state index is 12.8. The maximum Gasteiger partial charge on any atom is 0.274 e. The van der Waals surface area contributed by atoms with E-state index in [1.165, 1.54) is 11.8 Å². The van der Waals surface area contributed by atoms with E-state index in [9.17, 15) is 9.59 Å². The van der Waals surface area contributed by atoms with Crippen molar-refractivity contribution < 1.29 is 9.59 Å². The molecule has 1 aliphatic rings. The molecule has 0 radical (unpaired) electrons. The van der Waals surface area contributed by atoms with E-state index in [0.717, 1.165) is 30.9 Å². The number of aryl methyl sites for hydroxylation is 2. The standard InChI is InChI=1S/C21H26N4O2/c1-4-24-9-11-25(12-10-24)21(27)17-7-8-22-19(14-17)20(26)23-18-6-5-15(2)16(3)13-18/h5-8,13-14H,4,9-12H2,1-3H3,(H,23,26). The Hall–Kier alpha value is -2.73. The molecular formula is C21H26N4O2. The molecule has 0 bridgehead atoms. The van der Waals surface area contributed by atoms with Crippen LogP contribution in [0.25, 0.3) is 0 Å². The van der Waals surface area contributed by atoms with Gasteiger partial charge in [-0.05, 0) is 55.8 Å². The van der Waals surface area contributed by atoms with Crippen molar-refractivity contribution in [3.63, 3.8) is 0 Å². The molecule has 1 aromatic carbocycles. The van der Waals surface area contributed by atoms with Gasteiger partial charge in [0.05, 0.1) is 0 Å². The van der Waals surface area contributed by atoms with Crippen molar-refractivity contribution in [1.82, 2.24) is 14.8 Å². The number of anilines is 1.